The molecule has 0 aromatic carbocycles. The minimum Gasteiger partial charge on any atom is -0.366 e. The molecule has 0 bridgehead atoms. The first-order valence-corrected chi connectivity index (χ1v) is 5.35. The van der Waals surface area contributed by atoms with E-state index in [-0.39, 0.29) is 0 Å². The maximum Gasteiger partial charge on any atom is 0.248 e. The molecule has 0 spiro atoms. The number of anilines is 2. The summed E-state index contributed by atoms with van der Waals surface area (Å²) in [5.74, 6) is -0.315. The molecule has 0 radical (unpaired) electrons. The zero-order valence-corrected chi connectivity index (χ0v) is 9.83. The highest BCUT2D eigenvalue weighted by Gasteiger charge is 2.05. The van der Waals surface area contributed by atoms with E-state index in [9.17, 15) is 9.59 Å². The summed E-state index contributed by atoms with van der Waals surface area (Å²) >= 11 is 0. The van der Waals surface area contributed by atoms with Gasteiger partial charge in [0.1, 0.15) is 11.6 Å². The van der Waals surface area contributed by atoms with Crippen molar-refractivity contribution in [3.8, 4) is 0 Å². The standard InChI is InChI=1S/C12H11N5O2/c13-11(18)7-1-3-15-9(5-7)17-10-6-8(12(14)19)2-4-16-10/h1-6H,(H2,13,18)(H2,14,19)(H,15,16,17). The number of hydrogen-bond acceptors (Lipinski definition) is 5. The predicted molar refractivity (Wildman–Crippen MR) is 68.8 cm³/mol. The minimum atomic E-state index is -0.552. The summed E-state index contributed by atoms with van der Waals surface area (Å²) in [5, 5.41) is 2.86. The van der Waals surface area contributed by atoms with Gasteiger partial charge in [-0.2, -0.15) is 0 Å². The average Bonchev–Trinajstić information content (AvgIpc) is 2.39. The zero-order valence-electron chi connectivity index (χ0n) is 9.83. The molecule has 2 aromatic rings. The lowest BCUT2D eigenvalue weighted by atomic mass is 10.2. The lowest BCUT2D eigenvalue weighted by molar-refractivity contribution is 0.0992. The van der Waals surface area contributed by atoms with Gasteiger partial charge in [-0.1, -0.05) is 0 Å². The Kier molecular flexibility index (Phi) is 3.37. The number of nitrogens with zero attached hydrogens (tertiary/aromatic N) is 2. The molecule has 5 N–H and O–H groups in total. The van der Waals surface area contributed by atoms with Crippen LogP contribution in [-0.4, -0.2) is 21.8 Å². The van der Waals surface area contributed by atoms with E-state index in [1.807, 2.05) is 0 Å². The second-order valence-electron chi connectivity index (χ2n) is 3.71. The Balaban J connectivity index is 2.26. The molecule has 0 unspecified atom stereocenters. The lowest BCUT2D eigenvalue weighted by Gasteiger charge is -2.06. The number of aromatic nitrogens is 2. The monoisotopic (exact) mass is 257 g/mol. The molecule has 7 heteroatoms. The van der Waals surface area contributed by atoms with Crippen molar-refractivity contribution in [1.82, 2.24) is 9.97 Å². The molecule has 2 amide bonds. The van der Waals surface area contributed by atoms with Gasteiger partial charge in [0.2, 0.25) is 11.8 Å². The Labute approximate surface area is 108 Å². The Hall–Kier alpha value is -2.96. The first kappa shape index (κ1) is 12.5. The number of nitrogens with one attached hydrogen (secondary N) is 1. The molecule has 19 heavy (non-hydrogen) atoms. The SMILES string of the molecule is NC(=O)c1ccnc(Nc2cc(C(N)=O)ccn2)c1. The van der Waals surface area contributed by atoms with Crippen molar-refractivity contribution in [3.63, 3.8) is 0 Å². The first-order chi connectivity index (χ1) is 9.06. The summed E-state index contributed by atoms with van der Waals surface area (Å²) in [6.07, 6.45) is 2.89. The van der Waals surface area contributed by atoms with E-state index in [1.54, 1.807) is 0 Å². The Bertz CT molecular complexity index is 586. The molecular weight excluding hydrogens is 246 g/mol. The van der Waals surface area contributed by atoms with Crippen LogP contribution in [0.5, 0.6) is 0 Å². The van der Waals surface area contributed by atoms with Gasteiger partial charge in [0.25, 0.3) is 0 Å². The van der Waals surface area contributed by atoms with Crippen LogP contribution in [0, 0.1) is 0 Å². The third kappa shape index (κ3) is 3.03. The normalized spacial score (nSPS) is 9.89. The van der Waals surface area contributed by atoms with E-state index < -0.39 is 11.8 Å². The molecule has 2 rings (SSSR count). The fourth-order valence-corrected chi connectivity index (χ4v) is 1.44. The lowest BCUT2D eigenvalue weighted by Crippen LogP contribution is -2.12. The number of pyridine rings is 2. The quantitative estimate of drug-likeness (QED) is 0.732. The van der Waals surface area contributed by atoms with Gasteiger partial charge < -0.3 is 16.8 Å². The van der Waals surface area contributed by atoms with E-state index in [1.165, 1.54) is 36.7 Å². The molecule has 96 valence electrons. The van der Waals surface area contributed by atoms with Crippen LogP contribution in [0.15, 0.2) is 36.7 Å². The summed E-state index contributed by atoms with van der Waals surface area (Å²) in [4.78, 5) is 30.1. The molecule has 0 fully saturated rings. The summed E-state index contributed by atoms with van der Waals surface area (Å²) in [5.41, 5.74) is 11.0. The Morgan fingerprint density at radius 2 is 1.32 bits per heavy atom. The summed E-state index contributed by atoms with van der Waals surface area (Å²) in [6, 6.07) is 5.98. The number of nitrogens with two attached hydrogens (primary N) is 2. The fourth-order valence-electron chi connectivity index (χ4n) is 1.44. The number of carbonyl (C=O) groups excluding carboxylic acids is 2. The molecular formula is C12H11N5O2. The number of carbonyl (C=O) groups is 2. The van der Waals surface area contributed by atoms with Gasteiger partial charge in [0.15, 0.2) is 0 Å². The molecule has 0 saturated heterocycles. The van der Waals surface area contributed by atoms with Crippen LogP contribution >= 0.6 is 0 Å². The molecule has 2 heterocycles. The van der Waals surface area contributed by atoms with E-state index >= 15 is 0 Å². The van der Waals surface area contributed by atoms with Crippen LogP contribution in [0.2, 0.25) is 0 Å². The molecule has 0 atom stereocenters. The van der Waals surface area contributed by atoms with Crippen molar-refractivity contribution in [2.75, 3.05) is 5.32 Å². The van der Waals surface area contributed by atoms with Gasteiger partial charge in [0.05, 0.1) is 0 Å². The average molecular weight is 257 g/mol. The van der Waals surface area contributed by atoms with Crippen LogP contribution in [-0.2, 0) is 0 Å². The third-order valence-electron chi connectivity index (χ3n) is 2.35. The van der Waals surface area contributed by atoms with Gasteiger partial charge in [-0.05, 0) is 24.3 Å². The van der Waals surface area contributed by atoms with Crippen LogP contribution < -0.4 is 16.8 Å². The van der Waals surface area contributed by atoms with Crippen LogP contribution in [0.25, 0.3) is 0 Å². The highest BCUT2D eigenvalue weighted by Crippen LogP contribution is 2.14. The summed E-state index contributed by atoms with van der Waals surface area (Å²) < 4.78 is 0. The van der Waals surface area contributed by atoms with E-state index in [4.69, 9.17) is 11.5 Å². The van der Waals surface area contributed by atoms with Gasteiger partial charge in [0, 0.05) is 23.5 Å². The number of rotatable bonds is 4. The molecule has 0 aliphatic carbocycles. The van der Waals surface area contributed by atoms with Crippen molar-refractivity contribution in [3.05, 3.63) is 47.8 Å². The number of hydrogen-bond donors (Lipinski definition) is 3. The van der Waals surface area contributed by atoms with E-state index in [0.29, 0.717) is 22.8 Å². The number of amides is 2. The Morgan fingerprint density at radius 1 is 0.895 bits per heavy atom. The number of primary amides is 2. The van der Waals surface area contributed by atoms with E-state index in [2.05, 4.69) is 15.3 Å². The second-order valence-corrected chi connectivity index (χ2v) is 3.71. The maximum absolute atomic E-state index is 11.0. The predicted octanol–water partition coefficient (Wildman–Crippen LogP) is 0.418. The second kappa shape index (κ2) is 5.13. The largest absolute Gasteiger partial charge is 0.366 e. The van der Waals surface area contributed by atoms with Crippen LogP contribution in [0.4, 0.5) is 11.6 Å². The molecule has 2 aromatic heterocycles. The zero-order chi connectivity index (χ0) is 13.8. The van der Waals surface area contributed by atoms with Crippen molar-refractivity contribution in [2.24, 2.45) is 11.5 Å². The minimum absolute atomic E-state index is 0.323. The molecule has 0 saturated carbocycles. The molecule has 0 aliphatic heterocycles. The van der Waals surface area contributed by atoms with Gasteiger partial charge >= 0.3 is 0 Å². The van der Waals surface area contributed by atoms with Gasteiger partial charge in [-0.3, -0.25) is 9.59 Å². The first-order valence-electron chi connectivity index (χ1n) is 5.35. The van der Waals surface area contributed by atoms with Crippen LogP contribution in [0.1, 0.15) is 20.7 Å². The van der Waals surface area contributed by atoms with Crippen molar-refractivity contribution < 1.29 is 9.59 Å². The fraction of sp³-hybridized carbons (Fsp3) is 0. The van der Waals surface area contributed by atoms with E-state index in [0.717, 1.165) is 0 Å². The highest BCUT2D eigenvalue weighted by molar-refractivity contribution is 5.94. The summed E-state index contributed by atoms with van der Waals surface area (Å²) in [7, 11) is 0. The topological polar surface area (TPSA) is 124 Å². The smallest absolute Gasteiger partial charge is 0.248 e. The molecule has 7 nitrogen and oxygen atoms in total. The van der Waals surface area contributed by atoms with Gasteiger partial charge in [-0.25, -0.2) is 9.97 Å². The third-order valence-corrected chi connectivity index (χ3v) is 2.35. The Morgan fingerprint density at radius 3 is 1.68 bits per heavy atom. The van der Waals surface area contributed by atoms with Gasteiger partial charge in [-0.15, -0.1) is 0 Å². The van der Waals surface area contributed by atoms with Crippen molar-refractivity contribution in [2.45, 2.75) is 0 Å². The molecule has 0 aliphatic rings. The van der Waals surface area contributed by atoms with Crippen molar-refractivity contribution in [1.29, 1.82) is 0 Å². The maximum atomic E-state index is 11.0. The summed E-state index contributed by atoms with van der Waals surface area (Å²) in [6.45, 7) is 0. The van der Waals surface area contributed by atoms with Crippen molar-refractivity contribution >= 4 is 23.5 Å². The highest BCUT2D eigenvalue weighted by atomic mass is 16.1. The van der Waals surface area contributed by atoms with Crippen LogP contribution in [0.3, 0.4) is 0 Å².